The van der Waals surface area contributed by atoms with Gasteiger partial charge in [0.2, 0.25) is 0 Å². The van der Waals surface area contributed by atoms with Crippen molar-refractivity contribution in [2.24, 2.45) is 29.1 Å². The molecule has 0 aliphatic heterocycles. The van der Waals surface area contributed by atoms with E-state index in [1.54, 1.807) is 0 Å². The van der Waals surface area contributed by atoms with Crippen LogP contribution < -0.4 is 0 Å². The van der Waals surface area contributed by atoms with E-state index in [2.05, 4.69) is 0 Å². The number of esters is 1. The van der Waals surface area contributed by atoms with E-state index < -0.39 is 17.8 Å². The maximum atomic E-state index is 11.7. The normalized spacial score (nSPS) is 41.3. The second-order valence-electron chi connectivity index (χ2n) is 5.08. The summed E-state index contributed by atoms with van der Waals surface area (Å²) in [5.41, 5.74) is 0.0852. The van der Waals surface area contributed by atoms with Crippen LogP contribution in [0.5, 0.6) is 0 Å². The number of ether oxygens (including phenoxy) is 1. The highest BCUT2D eigenvalue weighted by Gasteiger charge is 2.70. The van der Waals surface area contributed by atoms with Gasteiger partial charge in [-0.05, 0) is 30.1 Å². The molecule has 0 amide bonds. The summed E-state index contributed by atoms with van der Waals surface area (Å²) in [5.74, 6) is -2.15. The first-order valence-corrected chi connectivity index (χ1v) is 5.61. The largest absolute Gasteiger partial charge is 0.481 e. The zero-order valence-corrected chi connectivity index (χ0v) is 9.05. The van der Waals surface area contributed by atoms with Gasteiger partial charge in [-0.15, -0.1) is 0 Å². The summed E-state index contributed by atoms with van der Waals surface area (Å²) in [5, 5.41) is 9.27. The van der Waals surface area contributed by atoms with Gasteiger partial charge in [0.1, 0.15) is 0 Å². The van der Waals surface area contributed by atoms with Crippen LogP contribution >= 0.6 is 0 Å². The fourth-order valence-corrected chi connectivity index (χ4v) is 3.79. The van der Waals surface area contributed by atoms with Crippen molar-refractivity contribution in [2.45, 2.75) is 12.8 Å². The number of carbonyl (C=O) groups excluding carboxylic acids is 1. The summed E-state index contributed by atoms with van der Waals surface area (Å²) < 4.78 is 4.75. The Bertz CT molecular complexity index is 394. The van der Waals surface area contributed by atoms with Gasteiger partial charge in [-0.3, -0.25) is 9.59 Å². The van der Waals surface area contributed by atoms with Crippen molar-refractivity contribution in [3.8, 4) is 0 Å². The van der Waals surface area contributed by atoms with Crippen molar-refractivity contribution in [3.63, 3.8) is 0 Å². The van der Waals surface area contributed by atoms with Gasteiger partial charge in [-0.2, -0.15) is 0 Å². The van der Waals surface area contributed by atoms with E-state index in [9.17, 15) is 14.7 Å². The SMILES string of the molecule is COC(=O)[C@H]1[C@@H](C(=O)O)[C@@H]2C=C[C@H]1C21CC1. The van der Waals surface area contributed by atoms with E-state index >= 15 is 0 Å². The van der Waals surface area contributed by atoms with Crippen LogP contribution in [-0.2, 0) is 14.3 Å². The second kappa shape index (κ2) is 2.87. The number of allylic oxidation sites excluding steroid dienone is 2. The van der Waals surface area contributed by atoms with Gasteiger partial charge in [0.05, 0.1) is 18.9 Å². The molecule has 3 aliphatic carbocycles. The van der Waals surface area contributed by atoms with Gasteiger partial charge in [-0.25, -0.2) is 0 Å². The van der Waals surface area contributed by atoms with E-state index in [0.717, 1.165) is 12.8 Å². The Morgan fingerprint density at radius 1 is 1.25 bits per heavy atom. The van der Waals surface area contributed by atoms with Gasteiger partial charge in [0.15, 0.2) is 0 Å². The molecule has 2 saturated carbocycles. The average Bonchev–Trinajstić information content (AvgIpc) is 2.92. The molecule has 0 aromatic rings. The van der Waals surface area contributed by atoms with Crippen LogP contribution in [0.1, 0.15) is 12.8 Å². The van der Waals surface area contributed by atoms with Crippen molar-refractivity contribution in [2.75, 3.05) is 7.11 Å². The topological polar surface area (TPSA) is 63.6 Å². The molecule has 86 valence electrons. The molecule has 0 aromatic heterocycles. The Hall–Kier alpha value is -1.32. The molecule has 16 heavy (non-hydrogen) atoms. The number of carboxylic acids is 1. The van der Waals surface area contributed by atoms with Gasteiger partial charge in [0.25, 0.3) is 0 Å². The standard InChI is InChI=1S/C12H14O4/c1-16-11(15)9-7-3-2-6(8(9)10(13)14)12(7)4-5-12/h2-3,6-9H,4-5H2,1H3,(H,13,14)/t6-,7+,8-,9+/m0/s1. The number of aliphatic carboxylic acids is 1. The number of methoxy groups -OCH3 is 1. The van der Waals surface area contributed by atoms with Gasteiger partial charge in [0, 0.05) is 0 Å². The number of carbonyl (C=O) groups is 2. The molecule has 3 aliphatic rings. The number of carboxylic acid groups (broad SMARTS) is 1. The highest BCUT2D eigenvalue weighted by molar-refractivity contribution is 5.84. The van der Waals surface area contributed by atoms with Crippen LogP contribution in [0.25, 0.3) is 0 Å². The Kier molecular flexibility index (Phi) is 1.77. The molecule has 0 heterocycles. The zero-order chi connectivity index (χ0) is 11.5. The molecule has 4 nitrogen and oxygen atoms in total. The van der Waals surface area contributed by atoms with Crippen LogP contribution in [0.4, 0.5) is 0 Å². The molecule has 0 unspecified atom stereocenters. The molecule has 3 rings (SSSR count). The molecule has 4 atom stereocenters. The lowest BCUT2D eigenvalue weighted by molar-refractivity contribution is -0.156. The first kappa shape index (κ1) is 9.87. The molecular weight excluding hydrogens is 208 g/mol. The lowest BCUT2D eigenvalue weighted by atomic mass is 9.83. The smallest absolute Gasteiger partial charge is 0.310 e. The lowest BCUT2D eigenvalue weighted by Gasteiger charge is -2.21. The second-order valence-corrected chi connectivity index (χ2v) is 5.08. The van der Waals surface area contributed by atoms with Crippen LogP contribution in [0.15, 0.2) is 12.2 Å². The third-order valence-corrected chi connectivity index (χ3v) is 4.60. The molecule has 0 radical (unpaired) electrons. The molecule has 1 N–H and O–H groups in total. The van der Waals surface area contributed by atoms with Crippen LogP contribution in [0, 0.1) is 29.1 Å². The summed E-state index contributed by atoms with van der Waals surface area (Å²) in [4.78, 5) is 23.0. The molecular formula is C12H14O4. The molecule has 0 saturated heterocycles. The van der Waals surface area contributed by atoms with E-state index in [1.165, 1.54) is 7.11 Å². The van der Waals surface area contributed by atoms with Crippen molar-refractivity contribution < 1.29 is 19.4 Å². The lowest BCUT2D eigenvalue weighted by Crippen LogP contribution is -2.33. The van der Waals surface area contributed by atoms with E-state index in [-0.39, 0.29) is 23.2 Å². The highest BCUT2D eigenvalue weighted by Crippen LogP contribution is 2.72. The van der Waals surface area contributed by atoms with Crippen LogP contribution in [0.2, 0.25) is 0 Å². The number of hydrogen-bond acceptors (Lipinski definition) is 3. The minimum absolute atomic E-state index is 0.0408. The molecule has 0 aromatic carbocycles. The van der Waals surface area contributed by atoms with Gasteiger partial charge >= 0.3 is 11.9 Å². The summed E-state index contributed by atoms with van der Waals surface area (Å²) in [6, 6.07) is 0. The first-order chi connectivity index (χ1) is 7.62. The predicted octanol–water partition coefficient (Wildman–Crippen LogP) is 1.07. The summed E-state index contributed by atoms with van der Waals surface area (Å²) in [6.45, 7) is 0. The number of hydrogen-bond donors (Lipinski definition) is 1. The Morgan fingerprint density at radius 2 is 1.81 bits per heavy atom. The van der Waals surface area contributed by atoms with Crippen LogP contribution in [0.3, 0.4) is 0 Å². The third kappa shape index (κ3) is 0.950. The minimum atomic E-state index is -0.862. The van der Waals surface area contributed by atoms with Crippen molar-refractivity contribution in [1.82, 2.24) is 0 Å². The maximum Gasteiger partial charge on any atom is 0.310 e. The summed E-state index contributed by atoms with van der Waals surface area (Å²) >= 11 is 0. The van der Waals surface area contributed by atoms with Crippen molar-refractivity contribution in [1.29, 1.82) is 0 Å². The van der Waals surface area contributed by atoms with E-state index in [1.807, 2.05) is 12.2 Å². The van der Waals surface area contributed by atoms with E-state index in [4.69, 9.17) is 4.74 Å². The van der Waals surface area contributed by atoms with Crippen molar-refractivity contribution >= 4 is 11.9 Å². The Labute approximate surface area is 93.3 Å². The molecule has 2 fully saturated rings. The molecule has 4 heteroatoms. The monoisotopic (exact) mass is 222 g/mol. The Balaban J connectivity index is 2.01. The molecule has 1 spiro atoms. The third-order valence-electron chi connectivity index (χ3n) is 4.60. The highest BCUT2D eigenvalue weighted by atomic mass is 16.5. The average molecular weight is 222 g/mol. The van der Waals surface area contributed by atoms with E-state index in [0.29, 0.717) is 0 Å². The number of rotatable bonds is 2. The predicted molar refractivity (Wildman–Crippen MR) is 54.4 cm³/mol. The Morgan fingerprint density at radius 3 is 2.25 bits per heavy atom. The van der Waals surface area contributed by atoms with Crippen molar-refractivity contribution in [3.05, 3.63) is 12.2 Å². The molecule has 2 bridgehead atoms. The maximum absolute atomic E-state index is 11.7. The van der Waals surface area contributed by atoms with Crippen LogP contribution in [-0.4, -0.2) is 24.2 Å². The van der Waals surface area contributed by atoms with Gasteiger partial charge in [-0.1, -0.05) is 12.2 Å². The summed E-state index contributed by atoms with van der Waals surface area (Å²) in [7, 11) is 1.33. The zero-order valence-electron chi connectivity index (χ0n) is 9.05. The minimum Gasteiger partial charge on any atom is -0.481 e. The summed E-state index contributed by atoms with van der Waals surface area (Å²) in [6.07, 6.45) is 6.12. The fourth-order valence-electron chi connectivity index (χ4n) is 3.79. The van der Waals surface area contributed by atoms with Gasteiger partial charge < -0.3 is 9.84 Å². The first-order valence-electron chi connectivity index (χ1n) is 5.61. The quantitative estimate of drug-likeness (QED) is 0.560. The fraction of sp³-hybridized carbons (Fsp3) is 0.667.